The molecule has 2 aromatic rings. The Kier molecular flexibility index (Phi) is 5.39. The van der Waals surface area contributed by atoms with Gasteiger partial charge in [-0.3, -0.25) is 19.3 Å². The zero-order valence-corrected chi connectivity index (χ0v) is 18.4. The predicted molar refractivity (Wildman–Crippen MR) is 117 cm³/mol. The van der Waals surface area contributed by atoms with Crippen molar-refractivity contribution >= 4 is 40.6 Å². The summed E-state index contributed by atoms with van der Waals surface area (Å²) in [7, 11) is 0. The van der Waals surface area contributed by atoms with Gasteiger partial charge in [-0.25, -0.2) is 0 Å². The van der Waals surface area contributed by atoms with Crippen LogP contribution in [0.3, 0.4) is 0 Å². The third kappa shape index (κ3) is 3.85. The molecule has 31 heavy (non-hydrogen) atoms. The van der Waals surface area contributed by atoms with E-state index in [2.05, 4.69) is 0 Å². The summed E-state index contributed by atoms with van der Waals surface area (Å²) in [6.45, 7) is 5.64. The number of Topliss-reactive ketones (excluding diaryl/α,β-unsaturated/α-hetero) is 1. The first-order valence-corrected chi connectivity index (χ1v) is 10.5. The number of benzene rings is 2. The maximum absolute atomic E-state index is 13.2. The zero-order valence-electron chi connectivity index (χ0n) is 17.6. The summed E-state index contributed by atoms with van der Waals surface area (Å²) in [6.07, 6.45) is 0.776. The Hall–Kier alpha value is -3.06. The number of hydrogen-bond donors (Lipinski definition) is 0. The third-order valence-corrected chi connectivity index (χ3v) is 5.55. The van der Waals surface area contributed by atoms with Gasteiger partial charge in [-0.15, -0.1) is 0 Å². The molecule has 8 heteroatoms. The number of halogens is 1. The molecule has 0 atom stereocenters. The molecule has 2 amide bonds. The van der Waals surface area contributed by atoms with Gasteiger partial charge in [0, 0.05) is 17.1 Å². The topological polar surface area (TPSA) is 76.2 Å². The lowest BCUT2D eigenvalue weighted by atomic mass is 10.0. The van der Waals surface area contributed by atoms with Crippen molar-refractivity contribution in [2.24, 2.45) is 0 Å². The van der Waals surface area contributed by atoms with E-state index in [0.29, 0.717) is 40.0 Å². The molecule has 7 nitrogen and oxygen atoms in total. The Labute approximate surface area is 185 Å². The molecule has 2 aliphatic heterocycles. The lowest BCUT2D eigenvalue weighted by Crippen LogP contribution is -2.53. The number of amides is 2. The number of ether oxygens (including phenoxy) is 2. The highest BCUT2D eigenvalue weighted by atomic mass is 35.5. The third-order valence-electron chi connectivity index (χ3n) is 5.31. The van der Waals surface area contributed by atoms with Crippen LogP contribution in [0, 0.1) is 0 Å². The highest BCUT2D eigenvalue weighted by Crippen LogP contribution is 2.40. The quantitative estimate of drug-likeness (QED) is 0.657. The van der Waals surface area contributed by atoms with Crippen molar-refractivity contribution < 1.29 is 23.9 Å². The van der Waals surface area contributed by atoms with Crippen LogP contribution in [0.1, 0.15) is 37.6 Å². The molecule has 0 saturated carbocycles. The van der Waals surface area contributed by atoms with Crippen molar-refractivity contribution in [1.82, 2.24) is 0 Å². The van der Waals surface area contributed by atoms with E-state index in [1.807, 2.05) is 6.92 Å². The van der Waals surface area contributed by atoms with Gasteiger partial charge < -0.3 is 14.4 Å². The number of rotatable bonds is 5. The molecule has 4 rings (SSSR count). The molecule has 2 aliphatic rings. The van der Waals surface area contributed by atoms with Crippen LogP contribution in [0.2, 0.25) is 5.02 Å². The molecule has 0 N–H and O–H groups in total. The van der Waals surface area contributed by atoms with Crippen LogP contribution in [0.4, 0.5) is 11.4 Å². The summed E-state index contributed by atoms with van der Waals surface area (Å²) in [5.41, 5.74) is 0.295. The minimum absolute atomic E-state index is 0.0187. The molecule has 0 bridgehead atoms. The Morgan fingerprint density at radius 2 is 1.77 bits per heavy atom. The second-order valence-corrected chi connectivity index (χ2v) is 8.49. The lowest BCUT2D eigenvalue weighted by molar-refractivity contribution is -0.132. The molecule has 0 aliphatic carbocycles. The van der Waals surface area contributed by atoms with E-state index in [1.54, 1.807) is 55.1 Å². The van der Waals surface area contributed by atoms with Crippen molar-refractivity contribution in [2.75, 3.05) is 29.5 Å². The normalized spacial score (nSPS) is 16.9. The fraction of sp³-hybridized carbons (Fsp3) is 0.348. The molecule has 0 radical (unpaired) electrons. The molecule has 0 unspecified atom stereocenters. The zero-order chi connectivity index (χ0) is 22.3. The predicted octanol–water partition coefficient (Wildman–Crippen LogP) is 3.86. The number of ketones is 1. The Balaban J connectivity index is 1.67. The Morgan fingerprint density at radius 1 is 1.06 bits per heavy atom. The van der Waals surface area contributed by atoms with E-state index in [4.69, 9.17) is 21.1 Å². The maximum Gasteiger partial charge on any atom is 0.271 e. The fourth-order valence-corrected chi connectivity index (χ4v) is 3.94. The summed E-state index contributed by atoms with van der Waals surface area (Å²) >= 11 is 6.12. The van der Waals surface area contributed by atoms with E-state index in [1.165, 1.54) is 4.90 Å². The van der Waals surface area contributed by atoms with Gasteiger partial charge in [0.1, 0.15) is 11.5 Å². The smallest absolute Gasteiger partial charge is 0.271 e. The molecular weight excluding hydrogens is 420 g/mol. The number of hydrogen-bond acceptors (Lipinski definition) is 5. The first kappa shape index (κ1) is 21.2. The van der Waals surface area contributed by atoms with Gasteiger partial charge in [-0.1, -0.05) is 18.5 Å². The SMILES string of the molecule is CCCN1C(=O)COc2ccc(C(=O)CN3C(=O)C(C)(C)Oc4ccc(Cl)cc43)cc21. The van der Waals surface area contributed by atoms with Crippen molar-refractivity contribution in [3.63, 3.8) is 0 Å². The second-order valence-electron chi connectivity index (χ2n) is 8.06. The van der Waals surface area contributed by atoms with Gasteiger partial charge in [-0.05, 0) is 56.7 Å². The van der Waals surface area contributed by atoms with E-state index in [-0.39, 0.29) is 30.7 Å². The van der Waals surface area contributed by atoms with Gasteiger partial charge in [0.2, 0.25) is 0 Å². The highest BCUT2D eigenvalue weighted by molar-refractivity contribution is 6.31. The number of nitrogens with zero attached hydrogens (tertiary/aromatic N) is 2. The summed E-state index contributed by atoms with van der Waals surface area (Å²) in [6, 6.07) is 9.96. The minimum atomic E-state index is -1.12. The maximum atomic E-state index is 13.2. The standard InChI is InChI=1S/C23H23ClN2O5/c1-4-9-25-16-10-14(5-7-19(16)30-13-21(25)28)18(27)12-26-17-11-15(24)6-8-20(17)31-23(2,3)22(26)29/h5-8,10-11H,4,9,12-13H2,1-3H3. The molecule has 0 aromatic heterocycles. The molecular formula is C23H23ClN2O5. The Morgan fingerprint density at radius 3 is 2.52 bits per heavy atom. The summed E-state index contributed by atoms with van der Waals surface area (Å²) in [5.74, 6) is 0.298. The molecule has 2 heterocycles. The van der Waals surface area contributed by atoms with E-state index in [9.17, 15) is 14.4 Å². The molecule has 2 aromatic carbocycles. The van der Waals surface area contributed by atoms with Crippen LogP contribution >= 0.6 is 11.6 Å². The van der Waals surface area contributed by atoms with Gasteiger partial charge in [0.25, 0.3) is 11.8 Å². The van der Waals surface area contributed by atoms with Gasteiger partial charge in [0.05, 0.1) is 17.9 Å². The average molecular weight is 443 g/mol. The largest absolute Gasteiger partial charge is 0.482 e. The number of fused-ring (bicyclic) bond motifs is 2. The van der Waals surface area contributed by atoms with Crippen LogP contribution in [0.5, 0.6) is 11.5 Å². The molecule has 0 spiro atoms. The van der Waals surface area contributed by atoms with Crippen LogP contribution in [0.15, 0.2) is 36.4 Å². The summed E-state index contributed by atoms with van der Waals surface area (Å²) < 4.78 is 11.3. The highest BCUT2D eigenvalue weighted by Gasteiger charge is 2.41. The van der Waals surface area contributed by atoms with Crippen LogP contribution in [-0.4, -0.2) is 42.9 Å². The van der Waals surface area contributed by atoms with Crippen molar-refractivity contribution in [2.45, 2.75) is 32.8 Å². The second kappa shape index (κ2) is 7.89. The fourth-order valence-electron chi connectivity index (χ4n) is 3.78. The van der Waals surface area contributed by atoms with Crippen LogP contribution < -0.4 is 19.3 Å². The minimum Gasteiger partial charge on any atom is -0.482 e. The molecule has 162 valence electrons. The Bertz CT molecular complexity index is 1080. The van der Waals surface area contributed by atoms with Gasteiger partial charge in [-0.2, -0.15) is 0 Å². The van der Waals surface area contributed by atoms with Gasteiger partial charge in [0.15, 0.2) is 18.0 Å². The van der Waals surface area contributed by atoms with Crippen molar-refractivity contribution in [1.29, 1.82) is 0 Å². The van der Waals surface area contributed by atoms with Crippen LogP contribution in [0.25, 0.3) is 0 Å². The van der Waals surface area contributed by atoms with E-state index in [0.717, 1.165) is 6.42 Å². The lowest BCUT2D eigenvalue weighted by Gasteiger charge is -2.38. The van der Waals surface area contributed by atoms with Gasteiger partial charge >= 0.3 is 0 Å². The molecule has 0 fully saturated rings. The number of carbonyl (C=O) groups excluding carboxylic acids is 3. The van der Waals surface area contributed by atoms with Crippen molar-refractivity contribution in [3.05, 3.63) is 47.0 Å². The molecule has 0 saturated heterocycles. The van der Waals surface area contributed by atoms with Crippen LogP contribution in [-0.2, 0) is 9.59 Å². The number of carbonyl (C=O) groups is 3. The van der Waals surface area contributed by atoms with E-state index < -0.39 is 5.60 Å². The summed E-state index contributed by atoms with van der Waals surface area (Å²) in [5, 5.41) is 0.437. The first-order chi connectivity index (χ1) is 14.7. The summed E-state index contributed by atoms with van der Waals surface area (Å²) in [4.78, 5) is 41.5. The average Bonchev–Trinajstić information content (AvgIpc) is 2.73. The number of anilines is 2. The monoisotopic (exact) mass is 442 g/mol. The van der Waals surface area contributed by atoms with Crippen molar-refractivity contribution in [3.8, 4) is 11.5 Å². The first-order valence-electron chi connectivity index (χ1n) is 10.1. The van der Waals surface area contributed by atoms with E-state index >= 15 is 0 Å².